The lowest BCUT2D eigenvalue weighted by atomic mass is 9.72. The van der Waals surface area contributed by atoms with E-state index in [-0.39, 0.29) is 54.0 Å². The van der Waals surface area contributed by atoms with Crippen LogP contribution in [0.15, 0.2) is 42.5 Å². The van der Waals surface area contributed by atoms with Crippen LogP contribution in [0.2, 0.25) is 0 Å². The van der Waals surface area contributed by atoms with Gasteiger partial charge < -0.3 is 162 Å². The quantitative estimate of drug-likeness (QED) is 0.0144. The normalized spacial score (nSPS) is 20.0. The average molecular weight is 1840 g/mol. The van der Waals surface area contributed by atoms with Crippen LogP contribution in [0.25, 0.3) is 0 Å². The van der Waals surface area contributed by atoms with Crippen molar-refractivity contribution >= 4 is 106 Å². The van der Waals surface area contributed by atoms with E-state index in [1.54, 1.807) is 6.92 Å². The number of methoxy groups -OCH3 is 1. The Hall–Kier alpha value is -12.6. The Kier molecular flexibility index (Phi) is 39.8. The number of nitrogens with one attached hydrogen (secondary N) is 12. The highest BCUT2D eigenvalue weighted by Crippen LogP contribution is 2.53. The number of carbonyl (C=O) groups is 18. The number of aliphatic hydroxyl groups is 8. The molecule has 0 unspecified atom stereocenters. The Bertz CT molecular complexity index is 4670. The molecule has 6 rings (SSSR count). The molecule has 3 aliphatic rings. The fraction of sp³-hybridized carbons (Fsp3) is 0.556. The van der Waals surface area contributed by atoms with Crippen LogP contribution in [0.1, 0.15) is 160 Å². The maximum absolute atomic E-state index is 14.5. The van der Waals surface area contributed by atoms with Gasteiger partial charge in [-0.05, 0) is 89.1 Å². The number of aliphatic hydroxyl groups excluding tert-OH is 7. The molecule has 49 heteroatoms. The molecule has 1 heterocycles. The van der Waals surface area contributed by atoms with Crippen LogP contribution in [-0.4, -0.2) is 323 Å². The summed E-state index contributed by atoms with van der Waals surface area (Å²) in [6, 6.07) is -14.6. The number of hydrogen-bond donors (Lipinski definition) is 28. The van der Waals surface area contributed by atoms with Crippen molar-refractivity contribution in [3.63, 3.8) is 0 Å². The second-order valence-electron chi connectivity index (χ2n) is 31.5. The first-order valence-corrected chi connectivity index (χ1v) is 41.3. The van der Waals surface area contributed by atoms with Gasteiger partial charge in [-0.25, -0.2) is 0 Å². The third kappa shape index (κ3) is 28.0. The standard InChI is InChI=1S/C81H114N16O33/c1-7-33(2)62(96-72(118)41(12-8-9-22-82)86-74(120)46(24-55(85)107)90-69(115)34(3)83)79(125)95-49(30-100)75(121)91-45(23-37-14-16-38(104)17-15-37)73(119)87-42(18-20-54(84)106)71(117)92-47(28-98)76(122)93-48(29-99)77(123)94-50(31-101)78(124)97-63(35(4)103)80(126)88-43(19-21-56(108)109)70(116)89-44-25-57(129-36(5)64(44)110)130-52-27-81(127,53(105)32-102)26-40-59(52)68(114)61-60(66(40)112)65(111)39-11-10-13-51(128-6)58(39)67(61)113/h10-11,13-17,33-36,41-50,52,57,62-64,98-104,110,112,114,127H,7-9,12,18-32,82-83H2,1-6H3,(H2,84,106)(H2,85,107)(H,86,120)(H,87,119)(H,88,126)(H,89,116)(H,90,115)(H,91,121)(H,92,117)(H,93,122)(H,94,123)(H,95,125)(H,96,118)(H,97,124)(H,108,109)/t33-,34-,35+,36-,41-,42-,43-,44-,45-,46-,47-,48-,49-,50-,52-,57+,62-,63-,64+,81-/m0/s1. The molecule has 1 aliphatic heterocycles. The zero-order chi connectivity index (χ0) is 97.2. The van der Waals surface area contributed by atoms with Gasteiger partial charge in [0.1, 0.15) is 108 Å². The number of ketones is 3. The third-order valence-electron chi connectivity index (χ3n) is 21.8. The molecule has 1 fully saturated rings. The van der Waals surface area contributed by atoms with Gasteiger partial charge in [0.15, 0.2) is 17.9 Å². The number of benzene rings is 3. The Morgan fingerprint density at radius 3 is 1.55 bits per heavy atom. The van der Waals surface area contributed by atoms with Gasteiger partial charge in [-0.3, -0.25) is 86.3 Å². The smallest absolute Gasteiger partial charge is 0.303 e. The molecule has 32 N–H and O–H groups in total. The minimum atomic E-state index is -2.60. The van der Waals surface area contributed by atoms with Crippen LogP contribution in [0.4, 0.5) is 0 Å². The molecule has 3 aromatic rings. The summed E-state index contributed by atoms with van der Waals surface area (Å²) in [5.74, 6) is -24.8. The summed E-state index contributed by atoms with van der Waals surface area (Å²) >= 11 is 0. The second kappa shape index (κ2) is 48.7. The molecule has 0 bridgehead atoms. The molecule has 20 atom stereocenters. The summed E-state index contributed by atoms with van der Waals surface area (Å²) in [7, 11) is 1.21. The number of aliphatic carboxylic acids is 1. The molecular weight excluding hydrogens is 1720 g/mol. The molecular formula is C81H114N16O33. The number of amides is 14. The fourth-order valence-corrected chi connectivity index (χ4v) is 14.3. The summed E-state index contributed by atoms with van der Waals surface area (Å²) in [4.78, 5) is 245. The largest absolute Gasteiger partial charge is 0.508 e. The number of hydrogen-bond acceptors (Lipinski definition) is 34. The van der Waals surface area contributed by atoms with Crippen LogP contribution in [0.3, 0.4) is 0 Å². The molecule has 0 aromatic heterocycles. The lowest BCUT2D eigenvalue weighted by Gasteiger charge is -2.43. The number of phenols is 3. The van der Waals surface area contributed by atoms with E-state index in [2.05, 4.69) is 47.9 Å². The number of Topliss-reactive ketones (excluding diaryl/α,β-unsaturated/α-hetero) is 1. The molecule has 2 aliphatic carbocycles. The maximum Gasteiger partial charge on any atom is 0.303 e. The summed E-state index contributed by atoms with van der Waals surface area (Å²) < 4.78 is 17.5. The van der Waals surface area contributed by atoms with E-state index in [0.717, 1.165) is 6.92 Å². The predicted molar refractivity (Wildman–Crippen MR) is 444 cm³/mol. The van der Waals surface area contributed by atoms with Crippen molar-refractivity contribution < 1.29 is 162 Å². The van der Waals surface area contributed by atoms with Crippen molar-refractivity contribution in [1.29, 1.82) is 0 Å². The van der Waals surface area contributed by atoms with Gasteiger partial charge in [0.05, 0.1) is 87.0 Å². The number of ether oxygens (including phenoxy) is 3. The third-order valence-corrected chi connectivity index (χ3v) is 21.8. The first-order chi connectivity index (χ1) is 61.3. The van der Waals surface area contributed by atoms with Crippen LogP contribution in [0.5, 0.6) is 23.0 Å². The summed E-state index contributed by atoms with van der Waals surface area (Å²) in [6.45, 7) is 0.332. The van der Waals surface area contributed by atoms with Crippen LogP contribution >= 0.6 is 0 Å². The first-order valence-electron chi connectivity index (χ1n) is 41.3. The highest BCUT2D eigenvalue weighted by molar-refractivity contribution is 6.31. The number of carboxylic acids is 1. The van der Waals surface area contributed by atoms with Crippen LogP contribution < -0.4 is 91.5 Å². The van der Waals surface area contributed by atoms with Gasteiger partial charge in [0.2, 0.25) is 88.5 Å². The van der Waals surface area contributed by atoms with Crippen LogP contribution in [-0.2, 0) is 99.0 Å². The average Bonchev–Trinajstić information content (AvgIpc) is 0.708. The van der Waals surface area contributed by atoms with Gasteiger partial charge in [-0.1, -0.05) is 44.5 Å². The second-order valence-corrected chi connectivity index (χ2v) is 31.5. The topological polar surface area (TPSA) is 826 Å². The van der Waals surface area contributed by atoms with Gasteiger partial charge in [-0.2, -0.15) is 0 Å². The zero-order valence-electron chi connectivity index (χ0n) is 71.7. The molecule has 0 radical (unpaired) electrons. The van der Waals surface area contributed by atoms with E-state index in [1.807, 2.05) is 16.0 Å². The zero-order valence-corrected chi connectivity index (χ0v) is 71.7. The lowest BCUT2D eigenvalue weighted by molar-refractivity contribution is -0.249. The van der Waals surface area contributed by atoms with E-state index >= 15 is 0 Å². The number of rotatable bonds is 50. The highest BCUT2D eigenvalue weighted by atomic mass is 16.7. The van der Waals surface area contributed by atoms with E-state index in [1.165, 1.54) is 70.3 Å². The van der Waals surface area contributed by atoms with Crippen molar-refractivity contribution in [3.8, 4) is 23.0 Å². The Labute approximate surface area is 741 Å². The van der Waals surface area contributed by atoms with E-state index < -0.39 is 351 Å². The fourth-order valence-electron chi connectivity index (χ4n) is 14.3. The Morgan fingerprint density at radius 2 is 1.03 bits per heavy atom. The molecule has 3 aromatic carbocycles. The van der Waals surface area contributed by atoms with Crippen molar-refractivity contribution in [2.24, 2.45) is 28.9 Å². The van der Waals surface area contributed by atoms with Crippen molar-refractivity contribution in [3.05, 3.63) is 81.4 Å². The number of primary amides is 2. The molecule has 14 amide bonds. The van der Waals surface area contributed by atoms with Gasteiger partial charge >= 0.3 is 5.97 Å². The number of unbranched alkanes of at least 4 members (excludes halogenated alkanes) is 1. The molecule has 716 valence electrons. The molecule has 0 spiro atoms. The number of carbonyl (C=O) groups excluding carboxylic acids is 17. The minimum Gasteiger partial charge on any atom is -0.508 e. The number of fused-ring (bicyclic) bond motifs is 3. The molecule has 49 nitrogen and oxygen atoms in total. The predicted octanol–water partition coefficient (Wildman–Crippen LogP) is -10.7. The Balaban J connectivity index is 1.14. The van der Waals surface area contributed by atoms with Crippen molar-refractivity contribution in [1.82, 2.24) is 63.8 Å². The highest BCUT2D eigenvalue weighted by Gasteiger charge is 2.52. The summed E-state index contributed by atoms with van der Waals surface area (Å²) in [6.07, 6.45) is -14.2. The minimum absolute atomic E-state index is 0.0842. The van der Waals surface area contributed by atoms with Crippen LogP contribution in [0, 0.1) is 5.92 Å². The number of aromatic hydroxyl groups is 3. The first kappa shape index (κ1) is 106. The van der Waals surface area contributed by atoms with Gasteiger partial charge in [0, 0.05) is 55.2 Å². The van der Waals surface area contributed by atoms with E-state index in [9.17, 15) is 148 Å². The van der Waals surface area contributed by atoms with E-state index in [4.69, 9.17) is 37.1 Å². The van der Waals surface area contributed by atoms with Crippen molar-refractivity contribution in [2.75, 3.05) is 46.7 Å². The number of phenolic OH excluding ortho intramolecular Hbond substituents is 3. The number of carboxylic acid groups (broad SMARTS) is 1. The monoisotopic (exact) mass is 1840 g/mol. The Morgan fingerprint density at radius 1 is 0.562 bits per heavy atom. The van der Waals surface area contributed by atoms with Gasteiger partial charge in [-0.15, -0.1) is 0 Å². The molecule has 1 saturated heterocycles. The number of nitrogens with two attached hydrogens (primary N) is 4. The van der Waals surface area contributed by atoms with Gasteiger partial charge in [0.25, 0.3) is 0 Å². The van der Waals surface area contributed by atoms with E-state index in [0.29, 0.717) is 6.42 Å². The molecule has 0 saturated carbocycles. The SMILES string of the molecule is CC[C@H](C)[C@H](NC(=O)[C@H](CCCCN)NC(=O)[C@H](CC(N)=O)NC(=O)[C@H](C)N)C(=O)N[C@@H](CO)C(=O)N[C@@H](Cc1ccc(O)cc1)C(=O)N[C@@H](CCC(N)=O)C(=O)N[C@@H](CO)C(=O)N[C@@H](CO)C(=O)N[C@@H](CO)C(=O)N[C@H](C(=O)N[C@@H](CCC(=O)O)C(=O)N[C@H]1C[C@@H](O[C@H]2C[C@](O)(C(=O)CO)Cc3c(O)c4c(c(O)c32)C(=O)c2c(OC)cccc2C4=O)O[C@@H](C)[C@H]1O)[C@@H](C)O. The summed E-state index contributed by atoms with van der Waals surface area (Å²) in [5.41, 5.74) is 16.9. The summed E-state index contributed by atoms with van der Waals surface area (Å²) in [5, 5.41) is 157. The molecule has 130 heavy (non-hydrogen) atoms. The maximum atomic E-state index is 14.5. The lowest BCUT2D eigenvalue weighted by Crippen LogP contribution is -2.63. The van der Waals surface area contributed by atoms with Crippen molar-refractivity contribution in [2.45, 2.75) is 233 Å².